The Morgan fingerprint density at radius 2 is 1.42 bits per heavy atom. The molecule has 113 valence electrons. The van der Waals surface area contributed by atoms with Crippen LogP contribution in [0.2, 0.25) is 5.54 Å². The monoisotopic (exact) mass is 303 g/mol. The molecule has 0 saturated heterocycles. The highest BCUT2D eigenvalue weighted by Gasteiger charge is 2.21. The molecular formula is C14H31O3Si2. The molecule has 0 aliphatic heterocycles. The normalized spacial score (nSPS) is 19.1. The third-order valence-corrected chi connectivity index (χ3v) is 7.29. The minimum absolute atomic E-state index is 0.480. The lowest BCUT2D eigenvalue weighted by molar-refractivity contribution is 0.141. The summed E-state index contributed by atoms with van der Waals surface area (Å²) < 4.78 is 17.5. The van der Waals surface area contributed by atoms with E-state index < -0.39 is 19.3 Å². The summed E-state index contributed by atoms with van der Waals surface area (Å²) in [4.78, 5) is 0. The van der Waals surface area contributed by atoms with Crippen molar-refractivity contribution in [1.29, 1.82) is 0 Å². The molecule has 1 saturated carbocycles. The van der Waals surface area contributed by atoms with E-state index in [0.717, 1.165) is 31.6 Å². The lowest BCUT2D eigenvalue weighted by Gasteiger charge is -2.21. The Labute approximate surface area is 123 Å². The van der Waals surface area contributed by atoms with Crippen molar-refractivity contribution in [2.24, 2.45) is 0 Å². The van der Waals surface area contributed by atoms with Crippen molar-refractivity contribution in [3.05, 3.63) is 0 Å². The largest absolute Gasteiger partial charge is 0.566 e. The maximum Gasteiger partial charge on any atom is 0.566 e. The summed E-state index contributed by atoms with van der Waals surface area (Å²) in [6.45, 7) is 5.81. The molecule has 0 N–H and O–H groups in total. The first kappa shape index (κ1) is 17.4. The molecule has 1 aliphatic carbocycles. The van der Waals surface area contributed by atoms with Gasteiger partial charge in [-0.3, -0.25) is 0 Å². The van der Waals surface area contributed by atoms with Crippen molar-refractivity contribution in [2.75, 3.05) is 13.2 Å². The fourth-order valence-corrected chi connectivity index (χ4v) is 6.28. The van der Waals surface area contributed by atoms with Gasteiger partial charge in [-0.25, -0.2) is 0 Å². The Morgan fingerprint density at radius 3 is 1.95 bits per heavy atom. The number of rotatable bonds is 9. The van der Waals surface area contributed by atoms with Crippen LogP contribution in [0.3, 0.4) is 0 Å². The van der Waals surface area contributed by atoms with Gasteiger partial charge in [0.1, 0.15) is 0 Å². The summed E-state index contributed by atoms with van der Waals surface area (Å²) in [5, 5.41) is 0. The van der Waals surface area contributed by atoms with E-state index in [2.05, 4.69) is 13.8 Å². The van der Waals surface area contributed by atoms with Crippen molar-refractivity contribution in [2.45, 2.75) is 77.2 Å². The third kappa shape index (κ3) is 8.97. The van der Waals surface area contributed by atoms with Gasteiger partial charge in [0.25, 0.3) is 0 Å². The minimum atomic E-state index is -1.43. The second-order valence-corrected chi connectivity index (χ2v) is 9.19. The Hall–Kier alpha value is 0.314. The van der Waals surface area contributed by atoms with E-state index in [4.69, 9.17) is 13.0 Å². The first-order valence-electron chi connectivity index (χ1n) is 8.12. The first-order chi connectivity index (χ1) is 9.36. The summed E-state index contributed by atoms with van der Waals surface area (Å²) in [7, 11) is -1.91. The molecule has 1 fully saturated rings. The summed E-state index contributed by atoms with van der Waals surface area (Å²) in [6.07, 6.45) is 11.9. The van der Waals surface area contributed by atoms with Gasteiger partial charge < -0.3 is 13.0 Å². The van der Waals surface area contributed by atoms with Gasteiger partial charge in [-0.05, 0) is 18.4 Å². The van der Waals surface area contributed by atoms with Gasteiger partial charge in [-0.1, -0.05) is 58.8 Å². The highest BCUT2D eigenvalue weighted by molar-refractivity contribution is 6.48. The van der Waals surface area contributed by atoms with Crippen molar-refractivity contribution < 1.29 is 13.0 Å². The molecule has 1 rings (SSSR count). The van der Waals surface area contributed by atoms with Crippen LogP contribution in [-0.2, 0) is 13.0 Å². The molecule has 1 radical (unpaired) electrons. The first-order valence-corrected chi connectivity index (χ1v) is 10.7. The van der Waals surface area contributed by atoms with Gasteiger partial charge in [-0.15, -0.1) is 0 Å². The van der Waals surface area contributed by atoms with Crippen LogP contribution < -0.4 is 0 Å². The van der Waals surface area contributed by atoms with Crippen LogP contribution in [0.5, 0.6) is 0 Å². The molecule has 0 unspecified atom stereocenters. The average Bonchev–Trinajstić information content (AvgIpc) is 2.39. The molecule has 1 aliphatic rings. The Morgan fingerprint density at radius 1 is 0.895 bits per heavy atom. The quantitative estimate of drug-likeness (QED) is 0.611. The SMILES string of the molecule is CCCO[Si](OCCC)O[SiH2]C1CCCCCCC1. The molecule has 0 aromatic carbocycles. The van der Waals surface area contributed by atoms with Crippen LogP contribution in [0, 0.1) is 0 Å². The maximum absolute atomic E-state index is 6.08. The van der Waals surface area contributed by atoms with Crippen LogP contribution in [-0.4, -0.2) is 32.5 Å². The molecule has 0 spiro atoms. The average molecular weight is 304 g/mol. The van der Waals surface area contributed by atoms with Gasteiger partial charge in [0.2, 0.25) is 0 Å². The van der Waals surface area contributed by atoms with Crippen LogP contribution in [0.25, 0.3) is 0 Å². The van der Waals surface area contributed by atoms with E-state index in [1.165, 1.54) is 44.9 Å². The second kappa shape index (κ2) is 12.1. The van der Waals surface area contributed by atoms with Gasteiger partial charge in [0, 0.05) is 13.2 Å². The van der Waals surface area contributed by atoms with Crippen LogP contribution in [0.4, 0.5) is 0 Å². The zero-order valence-electron chi connectivity index (χ0n) is 12.8. The summed E-state index contributed by atoms with van der Waals surface area (Å²) in [6, 6.07) is 0. The van der Waals surface area contributed by atoms with Crippen LogP contribution >= 0.6 is 0 Å². The minimum Gasteiger partial charge on any atom is -0.419 e. The molecule has 0 atom stereocenters. The number of hydrogen-bond acceptors (Lipinski definition) is 3. The molecular weight excluding hydrogens is 272 g/mol. The zero-order valence-corrected chi connectivity index (χ0v) is 15.2. The molecule has 0 heterocycles. The lowest BCUT2D eigenvalue weighted by Crippen LogP contribution is -2.31. The van der Waals surface area contributed by atoms with E-state index in [-0.39, 0.29) is 0 Å². The van der Waals surface area contributed by atoms with Gasteiger partial charge >= 0.3 is 9.53 Å². The van der Waals surface area contributed by atoms with Crippen molar-refractivity contribution in [1.82, 2.24) is 0 Å². The van der Waals surface area contributed by atoms with Gasteiger partial charge in [0.15, 0.2) is 9.76 Å². The molecule has 0 aromatic rings. The molecule has 3 nitrogen and oxygen atoms in total. The van der Waals surface area contributed by atoms with E-state index >= 15 is 0 Å². The van der Waals surface area contributed by atoms with Crippen molar-refractivity contribution in [3.8, 4) is 0 Å². The van der Waals surface area contributed by atoms with Crippen molar-refractivity contribution in [3.63, 3.8) is 0 Å². The Bertz CT molecular complexity index is 189. The maximum atomic E-state index is 6.08. The summed E-state index contributed by atoms with van der Waals surface area (Å²) >= 11 is 0. The topological polar surface area (TPSA) is 27.7 Å². The Balaban J connectivity index is 2.22. The fourth-order valence-electron chi connectivity index (χ4n) is 2.39. The predicted molar refractivity (Wildman–Crippen MR) is 83.9 cm³/mol. The smallest absolute Gasteiger partial charge is 0.419 e. The molecule has 0 amide bonds. The highest BCUT2D eigenvalue weighted by Crippen LogP contribution is 2.26. The van der Waals surface area contributed by atoms with E-state index in [1.807, 2.05) is 0 Å². The lowest BCUT2D eigenvalue weighted by atomic mass is 10.0. The van der Waals surface area contributed by atoms with Crippen LogP contribution in [0.15, 0.2) is 0 Å². The van der Waals surface area contributed by atoms with E-state index in [0.29, 0.717) is 0 Å². The summed E-state index contributed by atoms with van der Waals surface area (Å²) in [5.41, 5.74) is 0.857. The zero-order chi connectivity index (χ0) is 13.8. The van der Waals surface area contributed by atoms with E-state index in [1.54, 1.807) is 0 Å². The fraction of sp³-hybridized carbons (Fsp3) is 1.00. The predicted octanol–water partition coefficient (Wildman–Crippen LogP) is 3.46. The van der Waals surface area contributed by atoms with Gasteiger partial charge in [0.05, 0.1) is 0 Å². The Kier molecular flexibility index (Phi) is 11.0. The highest BCUT2D eigenvalue weighted by atomic mass is 28.4. The van der Waals surface area contributed by atoms with Crippen molar-refractivity contribution >= 4 is 19.3 Å². The molecule has 0 bridgehead atoms. The standard InChI is InChI=1S/C14H31O3Si2/c1-3-12-15-19(16-13-4-2)17-18-14-10-8-6-5-7-9-11-14/h14H,3-13,18H2,1-2H3. The number of hydrogen-bond donors (Lipinski definition) is 0. The molecule has 5 heteroatoms. The third-order valence-electron chi connectivity index (χ3n) is 3.51. The summed E-state index contributed by atoms with van der Waals surface area (Å²) in [5.74, 6) is 0. The molecule has 0 aromatic heterocycles. The van der Waals surface area contributed by atoms with Gasteiger partial charge in [-0.2, -0.15) is 0 Å². The second-order valence-electron chi connectivity index (χ2n) is 5.47. The van der Waals surface area contributed by atoms with Crippen LogP contribution in [0.1, 0.15) is 71.6 Å². The van der Waals surface area contributed by atoms with E-state index in [9.17, 15) is 0 Å². The molecule has 19 heavy (non-hydrogen) atoms.